The van der Waals surface area contributed by atoms with Gasteiger partial charge in [-0.15, -0.1) is 0 Å². The summed E-state index contributed by atoms with van der Waals surface area (Å²) in [5.74, 6) is -0.197. The smallest absolute Gasteiger partial charge is 0.161 e. The average molecular weight is 265 g/mol. The van der Waals surface area contributed by atoms with Crippen LogP contribution in [-0.4, -0.2) is 42.5 Å². The van der Waals surface area contributed by atoms with Crippen molar-refractivity contribution in [3.8, 4) is 0 Å². The van der Waals surface area contributed by atoms with Crippen LogP contribution >= 0.6 is 0 Å². The van der Waals surface area contributed by atoms with E-state index < -0.39 is 6.35 Å². The Balaban J connectivity index is 1.88. The maximum absolute atomic E-state index is 13.5. The van der Waals surface area contributed by atoms with Gasteiger partial charge >= 0.3 is 0 Å². The Morgan fingerprint density at radius 1 is 1.37 bits per heavy atom. The molecule has 1 saturated heterocycles. The first kappa shape index (κ1) is 13.0. The summed E-state index contributed by atoms with van der Waals surface area (Å²) in [6.45, 7) is 0.749. The lowest BCUT2D eigenvalue weighted by atomic mass is 9.59. The van der Waals surface area contributed by atoms with Gasteiger partial charge in [0.2, 0.25) is 0 Å². The van der Waals surface area contributed by atoms with E-state index in [4.69, 9.17) is 0 Å². The van der Waals surface area contributed by atoms with Gasteiger partial charge in [0.05, 0.1) is 0 Å². The van der Waals surface area contributed by atoms with Crippen LogP contribution in [0.3, 0.4) is 0 Å². The van der Waals surface area contributed by atoms with Gasteiger partial charge in [0.25, 0.3) is 0 Å². The molecule has 1 heterocycles. The zero-order valence-electron chi connectivity index (χ0n) is 11.3. The van der Waals surface area contributed by atoms with Gasteiger partial charge in [-0.2, -0.15) is 0 Å². The minimum atomic E-state index is -0.632. The van der Waals surface area contributed by atoms with Crippen molar-refractivity contribution in [2.75, 3.05) is 20.6 Å². The Hall–Kier alpha value is -1.01. The number of aliphatic hydroxyl groups is 1. The van der Waals surface area contributed by atoms with Crippen molar-refractivity contribution in [2.24, 2.45) is 0 Å². The van der Waals surface area contributed by atoms with E-state index in [-0.39, 0.29) is 16.9 Å². The van der Waals surface area contributed by atoms with Gasteiger partial charge < -0.3 is 5.11 Å². The molecule has 1 unspecified atom stereocenters. The molecule has 5 heteroatoms. The molecule has 0 aromatic heterocycles. The van der Waals surface area contributed by atoms with Crippen LogP contribution in [0.1, 0.15) is 18.4 Å². The lowest BCUT2D eigenvalue weighted by molar-refractivity contribution is -0.0315. The van der Waals surface area contributed by atoms with Crippen LogP contribution in [0.2, 0.25) is 0 Å². The van der Waals surface area contributed by atoms with Crippen LogP contribution in [0, 0.1) is 5.82 Å². The van der Waals surface area contributed by atoms with Gasteiger partial charge in [0, 0.05) is 17.6 Å². The van der Waals surface area contributed by atoms with Gasteiger partial charge in [-0.3, -0.25) is 15.5 Å². The SMILES string of the molecule is CN(C)[C@]1(c2cccc(F)c2)C[C@@]2(CNC(O)N2)C1. The predicted octanol–water partition coefficient (Wildman–Crippen LogP) is 0.584. The largest absolute Gasteiger partial charge is 0.365 e. The fourth-order valence-corrected chi connectivity index (χ4v) is 3.54. The molecule has 0 bridgehead atoms. The van der Waals surface area contributed by atoms with Crippen LogP contribution < -0.4 is 10.6 Å². The molecule has 3 N–H and O–H groups in total. The Morgan fingerprint density at radius 2 is 2.11 bits per heavy atom. The number of aliphatic hydroxyl groups excluding tert-OH is 1. The van der Waals surface area contributed by atoms with Gasteiger partial charge in [-0.1, -0.05) is 12.1 Å². The number of hydrogen-bond donors (Lipinski definition) is 3. The van der Waals surface area contributed by atoms with E-state index in [0.717, 1.165) is 24.9 Å². The molecule has 0 amide bonds. The fraction of sp³-hybridized carbons (Fsp3) is 0.571. The number of nitrogens with zero attached hydrogens (tertiary/aromatic N) is 1. The molecule has 3 rings (SSSR count). The molecule has 1 aliphatic heterocycles. The fourth-order valence-electron chi connectivity index (χ4n) is 3.54. The van der Waals surface area contributed by atoms with Crippen molar-refractivity contribution < 1.29 is 9.50 Å². The second-order valence-corrected chi connectivity index (χ2v) is 6.00. The maximum Gasteiger partial charge on any atom is 0.161 e. The summed E-state index contributed by atoms with van der Waals surface area (Å²) in [6.07, 6.45) is 1.09. The number of rotatable bonds is 2. The van der Waals surface area contributed by atoms with Crippen molar-refractivity contribution >= 4 is 0 Å². The highest BCUT2D eigenvalue weighted by Gasteiger charge is 2.58. The van der Waals surface area contributed by atoms with E-state index in [1.165, 1.54) is 6.07 Å². The molecular formula is C14H20FN3O. The lowest BCUT2D eigenvalue weighted by Gasteiger charge is -2.58. The normalized spacial score (nSPS) is 37.8. The average Bonchev–Trinajstić information content (AvgIpc) is 2.68. The quantitative estimate of drug-likeness (QED) is 0.732. The molecule has 1 aromatic carbocycles. The summed E-state index contributed by atoms with van der Waals surface area (Å²) in [7, 11) is 4.05. The van der Waals surface area contributed by atoms with Crippen molar-refractivity contribution in [1.29, 1.82) is 0 Å². The van der Waals surface area contributed by atoms with Crippen LogP contribution in [0.15, 0.2) is 24.3 Å². The third kappa shape index (κ3) is 1.97. The Bertz CT molecular complexity index is 485. The molecule has 1 atom stereocenters. The third-order valence-electron chi connectivity index (χ3n) is 4.56. The Labute approximate surface area is 112 Å². The van der Waals surface area contributed by atoms with E-state index in [2.05, 4.69) is 15.5 Å². The number of halogens is 1. The monoisotopic (exact) mass is 265 g/mol. The predicted molar refractivity (Wildman–Crippen MR) is 70.9 cm³/mol. The zero-order chi connectivity index (χ0) is 13.7. The van der Waals surface area contributed by atoms with Crippen molar-refractivity contribution in [2.45, 2.75) is 30.3 Å². The lowest BCUT2D eigenvalue weighted by Crippen LogP contribution is -2.67. The summed E-state index contributed by atoms with van der Waals surface area (Å²) >= 11 is 0. The second-order valence-electron chi connectivity index (χ2n) is 6.00. The number of nitrogens with one attached hydrogen (secondary N) is 2. The maximum atomic E-state index is 13.5. The highest BCUT2D eigenvalue weighted by atomic mass is 19.1. The number of hydrogen-bond acceptors (Lipinski definition) is 4. The number of benzene rings is 1. The summed E-state index contributed by atoms with van der Waals surface area (Å²) in [4.78, 5) is 2.15. The van der Waals surface area contributed by atoms with Gasteiger partial charge in [0.15, 0.2) is 6.35 Å². The molecule has 2 fully saturated rings. The minimum Gasteiger partial charge on any atom is -0.365 e. The van der Waals surface area contributed by atoms with Gasteiger partial charge in [0.1, 0.15) is 5.82 Å². The Morgan fingerprint density at radius 3 is 2.63 bits per heavy atom. The van der Waals surface area contributed by atoms with Gasteiger partial charge in [-0.25, -0.2) is 4.39 Å². The molecular weight excluding hydrogens is 245 g/mol. The molecule has 1 aromatic rings. The highest BCUT2D eigenvalue weighted by Crippen LogP contribution is 2.52. The van der Waals surface area contributed by atoms with Crippen molar-refractivity contribution in [3.63, 3.8) is 0 Å². The van der Waals surface area contributed by atoms with Crippen molar-refractivity contribution in [1.82, 2.24) is 15.5 Å². The second kappa shape index (κ2) is 4.24. The molecule has 4 nitrogen and oxygen atoms in total. The molecule has 1 spiro atoms. The third-order valence-corrected chi connectivity index (χ3v) is 4.56. The molecule has 1 aliphatic carbocycles. The van der Waals surface area contributed by atoms with E-state index >= 15 is 0 Å². The summed E-state index contributed by atoms with van der Waals surface area (Å²) in [5.41, 5.74) is 0.780. The first-order valence-electron chi connectivity index (χ1n) is 6.59. The van der Waals surface area contributed by atoms with E-state index in [1.54, 1.807) is 12.1 Å². The zero-order valence-corrected chi connectivity index (χ0v) is 11.3. The molecule has 2 aliphatic rings. The van der Waals surface area contributed by atoms with E-state index in [0.29, 0.717) is 0 Å². The van der Waals surface area contributed by atoms with Gasteiger partial charge in [-0.05, 0) is 44.6 Å². The summed E-state index contributed by atoms with van der Waals surface area (Å²) in [6, 6.07) is 6.83. The topological polar surface area (TPSA) is 47.5 Å². The molecule has 1 saturated carbocycles. The van der Waals surface area contributed by atoms with Crippen molar-refractivity contribution in [3.05, 3.63) is 35.6 Å². The molecule has 19 heavy (non-hydrogen) atoms. The Kier molecular flexibility index (Phi) is 2.90. The van der Waals surface area contributed by atoms with Crippen LogP contribution in [0.4, 0.5) is 4.39 Å². The molecule has 0 radical (unpaired) electrons. The highest BCUT2D eigenvalue weighted by molar-refractivity contribution is 5.33. The van der Waals surface area contributed by atoms with Crippen LogP contribution in [0.5, 0.6) is 0 Å². The first-order valence-corrected chi connectivity index (χ1v) is 6.59. The van der Waals surface area contributed by atoms with E-state index in [9.17, 15) is 9.50 Å². The molecule has 104 valence electrons. The summed E-state index contributed by atoms with van der Waals surface area (Å²) < 4.78 is 13.5. The first-order chi connectivity index (χ1) is 8.96. The standard InChI is InChI=1S/C14H20FN3O/c1-18(2)14(10-4-3-5-11(15)6-10)7-13(8-14)9-16-12(19)17-13/h3-6,12,16-17,19H,7-9H2,1-2H3/t12?,13-,14+. The van der Waals surface area contributed by atoms with Crippen LogP contribution in [0.25, 0.3) is 0 Å². The van der Waals surface area contributed by atoms with Crippen LogP contribution in [-0.2, 0) is 5.54 Å². The summed E-state index contributed by atoms with van der Waals surface area (Å²) in [5, 5.41) is 15.7. The minimum absolute atomic E-state index is 0.0734. The van der Waals surface area contributed by atoms with E-state index in [1.807, 2.05) is 20.2 Å².